The van der Waals surface area contributed by atoms with Crippen LogP contribution in [-0.2, 0) is 0 Å². The summed E-state index contributed by atoms with van der Waals surface area (Å²) in [6.07, 6.45) is -0.348. The zero-order valence-corrected chi connectivity index (χ0v) is 15.2. The number of ether oxygens (including phenoxy) is 1. The quantitative estimate of drug-likeness (QED) is 0.696. The molecule has 0 aromatic heterocycles. The molecule has 0 N–H and O–H groups in total. The van der Waals surface area contributed by atoms with E-state index in [9.17, 15) is 13.2 Å². The maximum atomic E-state index is 12.4. The lowest BCUT2D eigenvalue weighted by atomic mass is 9.99. The fraction of sp³-hybridized carbons (Fsp3) is 0.381. The van der Waals surface area contributed by atoms with E-state index in [1.165, 1.54) is 18.6 Å². The van der Waals surface area contributed by atoms with Gasteiger partial charge in [0.15, 0.2) is 0 Å². The van der Waals surface area contributed by atoms with Gasteiger partial charge in [-0.3, -0.25) is 4.99 Å². The van der Waals surface area contributed by atoms with E-state index in [0.717, 1.165) is 42.8 Å². The highest BCUT2D eigenvalue weighted by atomic mass is 19.4. The Morgan fingerprint density at radius 3 is 2.26 bits per heavy atom. The molecule has 1 unspecified atom stereocenters. The van der Waals surface area contributed by atoms with E-state index in [-0.39, 0.29) is 11.8 Å². The number of amidine groups is 1. The summed E-state index contributed by atoms with van der Waals surface area (Å²) in [5.74, 6) is 0.814. The predicted molar refractivity (Wildman–Crippen MR) is 99.9 cm³/mol. The minimum atomic E-state index is -4.69. The number of likely N-dealkylation sites (tertiary alicyclic amines) is 1. The summed E-state index contributed by atoms with van der Waals surface area (Å²) in [5, 5.41) is 0. The number of aliphatic imine (C=N–C) groups is 1. The molecule has 1 aliphatic rings. The van der Waals surface area contributed by atoms with E-state index >= 15 is 0 Å². The number of halogens is 3. The molecular formula is C21H23F3N2O. The first-order valence-corrected chi connectivity index (χ1v) is 9.11. The standard InChI is InChI=1S/C21H23F3N2O/c1-26-15-7-3-6-10-19(26)25-20(16-8-4-2-5-9-16)17-11-13-18(14-12-17)27-21(22,23)24/h2,4-5,8-9,11-14,20H,3,6-7,10,15H2,1H3. The van der Waals surface area contributed by atoms with Crippen LogP contribution in [0.25, 0.3) is 0 Å². The summed E-state index contributed by atoms with van der Waals surface area (Å²) < 4.78 is 41.2. The van der Waals surface area contributed by atoms with Crippen LogP contribution < -0.4 is 4.74 Å². The minimum absolute atomic E-state index is 0.225. The number of hydrogen-bond donors (Lipinski definition) is 0. The first kappa shape index (κ1) is 19.3. The molecule has 1 fully saturated rings. The largest absolute Gasteiger partial charge is 0.573 e. The van der Waals surface area contributed by atoms with Crippen LogP contribution in [0.2, 0.25) is 0 Å². The van der Waals surface area contributed by atoms with Crippen LogP contribution in [0.5, 0.6) is 5.75 Å². The molecule has 1 aliphatic heterocycles. The summed E-state index contributed by atoms with van der Waals surface area (Å²) in [4.78, 5) is 7.19. The van der Waals surface area contributed by atoms with E-state index in [0.29, 0.717) is 0 Å². The van der Waals surface area contributed by atoms with E-state index in [4.69, 9.17) is 4.99 Å². The molecule has 1 saturated heterocycles. The van der Waals surface area contributed by atoms with Crippen LogP contribution in [0.3, 0.4) is 0 Å². The zero-order chi connectivity index (χ0) is 19.3. The smallest absolute Gasteiger partial charge is 0.406 e. The molecule has 2 aromatic rings. The Hall–Kier alpha value is -2.50. The molecule has 0 aliphatic carbocycles. The Morgan fingerprint density at radius 2 is 1.59 bits per heavy atom. The van der Waals surface area contributed by atoms with Crippen molar-refractivity contribution in [2.24, 2.45) is 4.99 Å². The molecule has 144 valence electrons. The normalized spacial score (nSPS) is 18.2. The highest BCUT2D eigenvalue weighted by molar-refractivity contribution is 5.82. The van der Waals surface area contributed by atoms with Crippen LogP contribution in [-0.4, -0.2) is 30.7 Å². The van der Waals surface area contributed by atoms with Crippen molar-refractivity contribution in [1.82, 2.24) is 4.90 Å². The van der Waals surface area contributed by atoms with E-state index < -0.39 is 6.36 Å². The monoisotopic (exact) mass is 376 g/mol. The number of nitrogens with zero attached hydrogens (tertiary/aromatic N) is 2. The third-order valence-electron chi connectivity index (χ3n) is 4.66. The van der Waals surface area contributed by atoms with Gasteiger partial charge < -0.3 is 9.64 Å². The fourth-order valence-corrected chi connectivity index (χ4v) is 3.27. The molecule has 2 aromatic carbocycles. The van der Waals surface area contributed by atoms with Gasteiger partial charge in [0.1, 0.15) is 11.8 Å². The van der Waals surface area contributed by atoms with Crippen molar-refractivity contribution < 1.29 is 17.9 Å². The van der Waals surface area contributed by atoms with Crippen molar-refractivity contribution in [3.05, 3.63) is 65.7 Å². The molecule has 0 saturated carbocycles. The predicted octanol–water partition coefficient (Wildman–Crippen LogP) is 5.58. The van der Waals surface area contributed by atoms with Gasteiger partial charge in [-0.25, -0.2) is 0 Å². The van der Waals surface area contributed by atoms with Crippen LogP contribution in [0.15, 0.2) is 59.6 Å². The topological polar surface area (TPSA) is 24.8 Å². The van der Waals surface area contributed by atoms with Gasteiger partial charge in [0, 0.05) is 20.0 Å². The van der Waals surface area contributed by atoms with Crippen LogP contribution in [0, 0.1) is 0 Å². The SMILES string of the molecule is CN1CCCCCC1=NC(c1ccccc1)c1ccc(OC(F)(F)F)cc1. The Bertz CT molecular complexity index is 757. The molecule has 6 heteroatoms. The second-order valence-electron chi connectivity index (χ2n) is 6.71. The molecule has 0 spiro atoms. The van der Waals surface area contributed by atoms with Crippen LogP contribution >= 0.6 is 0 Å². The summed E-state index contributed by atoms with van der Waals surface area (Å²) in [5.41, 5.74) is 1.84. The van der Waals surface area contributed by atoms with Gasteiger partial charge in [-0.15, -0.1) is 13.2 Å². The first-order chi connectivity index (χ1) is 12.9. The van der Waals surface area contributed by atoms with E-state index in [1.54, 1.807) is 12.1 Å². The number of rotatable bonds is 4. The molecule has 0 bridgehead atoms. The van der Waals surface area contributed by atoms with E-state index in [2.05, 4.69) is 9.64 Å². The fourth-order valence-electron chi connectivity index (χ4n) is 3.27. The molecule has 0 radical (unpaired) electrons. The lowest BCUT2D eigenvalue weighted by Gasteiger charge is -2.22. The van der Waals surface area contributed by atoms with Crippen LogP contribution in [0.4, 0.5) is 13.2 Å². The van der Waals surface area contributed by atoms with Gasteiger partial charge in [-0.1, -0.05) is 48.9 Å². The third-order valence-corrected chi connectivity index (χ3v) is 4.66. The van der Waals surface area contributed by atoms with Crippen molar-refractivity contribution in [3.8, 4) is 5.75 Å². The highest BCUT2D eigenvalue weighted by Gasteiger charge is 2.31. The molecule has 3 rings (SSSR count). The van der Waals surface area contributed by atoms with Crippen LogP contribution in [0.1, 0.15) is 42.9 Å². The maximum Gasteiger partial charge on any atom is 0.573 e. The summed E-state index contributed by atoms with van der Waals surface area (Å²) >= 11 is 0. The van der Waals surface area contributed by atoms with Crippen molar-refractivity contribution in [2.75, 3.05) is 13.6 Å². The average Bonchev–Trinajstić information content (AvgIpc) is 2.84. The van der Waals surface area contributed by atoms with Gasteiger partial charge in [0.05, 0.1) is 5.84 Å². The van der Waals surface area contributed by atoms with Gasteiger partial charge in [-0.2, -0.15) is 0 Å². The van der Waals surface area contributed by atoms with Gasteiger partial charge >= 0.3 is 6.36 Å². The molecule has 1 heterocycles. The summed E-state index contributed by atoms with van der Waals surface area (Å²) in [7, 11) is 2.05. The lowest BCUT2D eigenvalue weighted by Crippen LogP contribution is -2.26. The molecule has 27 heavy (non-hydrogen) atoms. The van der Waals surface area contributed by atoms with Gasteiger partial charge in [-0.05, 0) is 36.1 Å². The molecular weight excluding hydrogens is 353 g/mol. The summed E-state index contributed by atoms with van der Waals surface area (Å²) in [6, 6.07) is 15.5. The van der Waals surface area contributed by atoms with Gasteiger partial charge in [0.25, 0.3) is 0 Å². The number of alkyl halides is 3. The van der Waals surface area contributed by atoms with Crippen molar-refractivity contribution in [1.29, 1.82) is 0 Å². The highest BCUT2D eigenvalue weighted by Crippen LogP contribution is 2.30. The van der Waals surface area contributed by atoms with Crippen molar-refractivity contribution in [2.45, 2.75) is 38.1 Å². The van der Waals surface area contributed by atoms with Crippen molar-refractivity contribution in [3.63, 3.8) is 0 Å². The Kier molecular flexibility index (Phi) is 6.04. The molecule has 3 nitrogen and oxygen atoms in total. The number of benzene rings is 2. The maximum absolute atomic E-state index is 12.4. The number of hydrogen-bond acceptors (Lipinski definition) is 2. The minimum Gasteiger partial charge on any atom is -0.406 e. The lowest BCUT2D eigenvalue weighted by molar-refractivity contribution is -0.274. The Morgan fingerprint density at radius 1 is 0.926 bits per heavy atom. The molecule has 1 atom stereocenters. The average molecular weight is 376 g/mol. The first-order valence-electron chi connectivity index (χ1n) is 9.11. The third kappa shape index (κ3) is 5.49. The zero-order valence-electron chi connectivity index (χ0n) is 15.2. The van der Waals surface area contributed by atoms with Gasteiger partial charge in [0.2, 0.25) is 0 Å². The van der Waals surface area contributed by atoms with Crippen molar-refractivity contribution >= 4 is 5.84 Å². The Balaban J connectivity index is 1.93. The molecule has 0 amide bonds. The Labute approximate surface area is 157 Å². The second kappa shape index (κ2) is 8.46. The van der Waals surface area contributed by atoms with E-state index in [1.807, 2.05) is 37.4 Å². The summed E-state index contributed by atoms with van der Waals surface area (Å²) in [6.45, 7) is 0.971. The second-order valence-corrected chi connectivity index (χ2v) is 6.71.